The smallest absolute Gasteiger partial charge is 0.0488 e. The summed E-state index contributed by atoms with van der Waals surface area (Å²) in [4.78, 5) is 0. The third-order valence-corrected chi connectivity index (χ3v) is 3.58. The van der Waals surface area contributed by atoms with Gasteiger partial charge in [0.05, 0.1) is 0 Å². The van der Waals surface area contributed by atoms with E-state index in [0.29, 0.717) is 5.92 Å². The fourth-order valence-electron chi connectivity index (χ4n) is 1.92. The zero-order valence-corrected chi connectivity index (χ0v) is 11.0. The third-order valence-electron chi connectivity index (χ3n) is 3.07. The van der Waals surface area contributed by atoms with Crippen molar-refractivity contribution in [2.45, 2.75) is 38.6 Å². The number of hydrogen-bond acceptors (Lipinski definition) is 1. The van der Waals surface area contributed by atoms with E-state index in [1.165, 1.54) is 5.56 Å². The monoisotopic (exact) mass is 239 g/mol. The lowest BCUT2D eigenvalue weighted by atomic mass is 9.99. The SMILES string of the molecule is CCC(CC)C(Cl)CNCc1ccccc1. The first-order valence-corrected chi connectivity index (χ1v) is 6.60. The highest BCUT2D eigenvalue weighted by molar-refractivity contribution is 6.21. The average Bonchev–Trinajstić information content (AvgIpc) is 2.32. The van der Waals surface area contributed by atoms with Gasteiger partial charge in [-0.1, -0.05) is 57.0 Å². The summed E-state index contributed by atoms with van der Waals surface area (Å²) in [5.41, 5.74) is 1.32. The van der Waals surface area contributed by atoms with Crippen molar-refractivity contribution in [3.63, 3.8) is 0 Å². The summed E-state index contributed by atoms with van der Waals surface area (Å²) in [6.45, 7) is 6.22. The highest BCUT2D eigenvalue weighted by Gasteiger charge is 2.14. The molecule has 0 aliphatic carbocycles. The molecular weight excluding hydrogens is 218 g/mol. The average molecular weight is 240 g/mol. The van der Waals surface area contributed by atoms with Crippen molar-refractivity contribution in [3.8, 4) is 0 Å². The van der Waals surface area contributed by atoms with Crippen LogP contribution < -0.4 is 5.32 Å². The Hall–Kier alpha value is -0.530. The molecule has 0 amide bonds. The molecule has 1 unspecified atom stereocenters. The van der Waals surface area contributed by atoms with Gasteiger partial charge in [0.2, 0.25) is 0 Å². The van der Waals surface area contributed by atoms with Gasteiger partial charge in [0.1, 0.15) is 0 Å². The molecular formula is C14H22ClN. The molecule has 1 aromatic rings. The number of alkyl halides is 1. The molecule has 0 saturated carbocycles. The van der Waals surface area contributed by atoms with Crippen LogP contribution in [0, 0.1) is 5.92 Å². The Labute approximate surface area is 104 Å². The summed E-state index contributed by atoms with van der Waals surface area (Å²) in [5.74, 6) is 0.630. The van der Waals surface area contributed by atoms with Gasteiger partial charge in [0, 0.05) is 18.5 Å². The van der Waals surface area contributed by atoms with E-state index in [9.17, 15) is 0 Å². The van der Waals surface area contributed by atoms with Gasteiger partial charge in [0.15, 0.2) is 0 Å². The van der Waals surface area contributed by atoms with E-state index in [0.717, 1.165) is 25.9 Å². The van der Waals surface area contributed by atoms with Crippen LogP contribution in [0.3, 0.4) is 0 Å². The van der Waals surface area contributed by atoms with Gasteiger partial charge in [-0.05, 0) is 11.5 Å². The van der Waals surface area contributed by atoms with Crippen LogP contribution in [0.15, 0.2) is 30.3 Å². The van der Waals surface area contributed by atoms with Gasteiger partial charge in [-0.3, -0.25) is 0 Å². The van der Waals surface area contributed by atoms with Crippen molar-refractivity contribution in [2.24, 2.45) is 5.92 Å². The Kier molecular flexibility index (Phi) is 6.51. The summed E-state index contributed by atoms with van der Waals surface area (Å²) in [7, 11) is 0. The molecule has 90 valence electrons. The first kappa shape index (κ1) is 13.5. The maximum atomic E-state index is 6.35. The van der Waals surface area contributed by atoms with Gasteiger partial charge in [-0.2, -0.15) is 0 Å². The van der Waals surface area contributed by atoms with Gasteiger partial charge in [-0.25, -0.2) is 0 Å². The van der Waals surface area contributed by atoms with E-state index >= 15 is 0 Å². The summed E-state index contributed by atoms with van der Waals surface area (Å²) < 4.78 is 0. The topological polar surface area (TPSA) is 12.0 Å². The Balaban J connectivity index is 2.25. The van der Waals surface area contributed by atoms with Crippen LogP contribution in [0.25, 0.3) is 0 Å². The summed E-state index contributed by atoms with van der Waals surface area (Å²) in [5, 5.41) is 3.67. The normalized spacial score (nSPS) is 13.0. The minimum atomic E-state index is 0.249. The summed E-state index contributed by atoms with van der Waals surface area (Å²) in [6.07, 6.45) is 2.33. The Morgan fingerprint density at radius 1 is 1.12 bits per heavy atom. The molecule has 1 atom stereocenters. The van der Waals surface area contributed by atoms with Crippen molar-refractivity contribution in [1.82, 2.24) is 5.32 Å². The fourth-order valence-corrected chi connectivity index (χ4v) is 2.38. The molecule has 0 aliphatic rings. The van der Waals surface area contributed by atoms with E-state index in [2.05, 4.69) is 43.4 Å². The van der Waals surface area contributed by atoms with Crippen molar-refractivity contribution in [3.05, 3.63) is 35.9 Å². The molecule has 0 aromatic heterocycles. The second-order valence-electron chi connectivity index (χ2n) is 4.21. The molecule has 2 heteroatoms. The largest absolute Gasteiger partial charge is 0.311 e. The standard InChI is InChI=1S/C14H22ClN/c1-3-13(4-2)14(15)11-16-10-12-8-6-5-7-9-12/h5-9,13-14,16H,3-4,10-11H2,1-2H3. The highest BCUT2D eigenvalue weighted by atomic mass is 35.5. The molecule has 0 spiro atoms. The summed E-state index contributed by atoms with van der Waals surface area (Å²) in [6, 6.07) is 10.4. The Morgan fingerprint density at radius 2 is 1.75 bits per heavy atom. The number of benzene rings is 1. The van der Waals surface area contributed by atoms with E-state index in [-0.39, 0.29) is 5.38 Å². The molecule has 1 rings (SSSR count). The third kappa shape index (κ3) is 4.54. The number of hydrogen-bond donors (Lipinski definition) is 1. The van der Waals surface area contributed by atoms with Crippen LogP contribution in [0.2, 0.25) is 0 Å². The molecule has 0 aliphatic heterocycles. The molecule has 16 heavy (non-hydrogen) atoms. The predicted molar refractivity (Wildman–Crippen MR) is 71.9 cm³/mol. The quantitative estimate of drug-likeness (QED) is 0.714. The molecule has 0 heterocycles. The van der Waals surface area contributed by atoms with E-state index in [1.54, 1.807) is 0 Å². The minimum Gasteiger partial charge on any atom is -0.311 e. The zero-order chi connectivity index (χ0) is 11.8. The lowest BCUT2D eigenvalue weighted by Gasteiger charge is -2.19. The van der Waals surface area contributed by atoms with Crippen molar-refractivity contribution >= 4 is 11.6 Å². The maximum Gasteiger partial charge on any atom is 0.0488 e. The predicted octanol–water partition coefficient (Wildman–Crippen LogP) is 3.82. The van der Waals surface area contributed by atoms with Crippen LogP contribution in [0.5, 0.6) is 0 Å². The molecule has 1 N–H and O–H groups in total. The Morgan fingerprint density at radius 3 is 2.31 bits per heavy atom. The van der Waals surface area contributed by atoms with Crippen LogP contribution in [0.4, 0.5) is 0 Å². The van der Waals surface area contributed by atoms with Gasteiger partial charge in [0.25, 0.3) is 0 Å². The van der Waals surface area contributed by atoms with E-state index in [4.69, 9.17) is 11.6 Å². The van der Waals surface area contributed by atoms with Crippen LogP contribution in [0.1, 0.15) is 32.3 Å². The molecule has 0 fully saturated rings. The van der Waals surface area contributed by atoms with Crippen LogP contribution in [-0.4, -0.2) is 11.9 Å². The number of halogens is 1. The molecule has 0 bridgehead atoms. The first-order chi connectivity index (χ1) is 7.77. The Bertz CT molecular complexity index is 269. The lowest BCUT2D eigenvalue weighted by Crippen LogP contribution is -2.28. The van der Waals surface area contributed by atoms with Crippen LogP contribution in [-0.2, 0) is 6.54 Å². The first-order valence-electron chi connectivity index (χ1n) is 6.16. The van der Waals surface area contributed by atoms with Crippen molar-refractivity contribution < 1.29 is 0 Å². The van der Waals surface area contributed by atoms with Gasteiger partial charge in [-0.15, -0.1) is 11.6 Å². The number of nitrogens with one attached hydrogen (secondary N) is 1. The van der Waals surface area contributed by atoms with E-state index < -0.39 is 0 Å². The fraction of sp³-hybridized carbons (Fsp3) is 0.571. The molecule has 0 radical (unpaired) electrons. The molecule has 1 aromatic carbocycles. The molecule has 1 nitrogen and oxygen atoms in total. The maximum absolute atomic E-state index is 6.35. The highest BCUT2D eigenvalue weighted by Crippen LogP contribution is 2.17. The van der Waals surface area contributed by atoms with Crippen molar-refractivity contribution in [2.75, 3.05) is 6.54 Å². The minimum absolute atomic E-state index is 0.249. The second kappa shape index (κ2) is 7.70. The lowest BCUT2D eigenvalue weighted by molar-refractivity contribution is 0.446. The van der Waals surface area contributed by atoms with Gasteiger partial charge >= 0.3 is 0 Å². The second-order valence-corrected chi connectivity index (χ2v) is 4.77. The number of rotatable bonds is 7. The summed E-state index contributed by atoms with van der Waals surface area (Å²) >= 11 is 6.35. The molecule has 0 saturated heterocycles. The van der Waals surface area contributed by atoms with E-state index in [1.807, 2.05) is 6.07 Å². The van der Waals surface area contributed by atoms with Crippen molar-refractivity contribution in [1.29, 1.82) is 0 Å². The van der Waals surface area contributed by atoms with Gasteiger partial charge < -0.3 is 5.32 Å². The zero-order valence-electron chi connectivity index (χ0n) is 10.2. The van der Waals surface area contributed by atoms with Crippen LogP contribution >= 0.6 is 11.6 Å².